The molecule has 2 nitrogen and oxygen atoms in total. The minimum absolute atomic E-state index is 0.713. The van der Waals surface area contributed by atoms with Crippen LogP contribution in [-0.4, -0.2) is 4.98 Å². The molecule has 0 atom stereocenters. The summed E-state index contributed by atoms with van der Waals surface area (Å²) in [6, 6.07) is 18.3. The molecule has 0 saturated heterocycles. The highest BCUT2D eigenvalue weighted by Gasteiger charge is 2.14. The van der Waals surface area contributed by atoms with Crippen molar-refractivity contribution in [1.82, 2.24) is 4.98 Å². The minimum Gasteiger partial charge on any atom is -0.438 e. The monoisotopic (exact) mass is 219 g/mol. The van der Waals surface area contributed by atoms with Crippen LogP contribution in [0.4, 0.5) is 0 Å². The van der Waals surface area contributed by atoms with E-state index in [2.05, 4.69) is 23.2 Å². The molecule has 80 valence electrons. The fourth-order valence-electron chi connectivity index (χ4n) is 2.25. The second kappa shape index (κ2) is 3.08. The van der Waals surface area contributed by atoms with Gasteiger partial charge in [0.1, 0.15) is 5.58 Å². The molecule has 0 aliphatic carbocycles. The van der Waals surface area contributed by atoms with Crippen LogP contribution < -0.4 is 0 Å². The second-order valence-electron chi connectivity index (χ2n) is 4.13. The van der Waals surface area contributed by atoms with E-state index in [1.807, 2.05) is 36.4 Å². The standard InChI is InChI=1S/C15H9NO/c1-4-8-14-10(5-1)9-12-11-6-2-3-7-13(11)16-15(12)17-14/h1-9H. The lowest BCUT2D eigenvalue weighted by atomic mass is 10.1. The van der Waals surface area contributed by atoms with Crippen LogP contribution in [0.25, 0.3) is 33.3 Å². The van der Waals surface area contributed by atoms with Gasteiger partial charge in [0.05, 0.1) is 5.52 Å². The first-order valence-electron chi connectivity index (χ1n) is 5.59. The summed E-state index contributed by atoms with van der Waals surface area (Å²) in [5, 5.41) is 2.26. The van der Waals surface area contributed by atoms with Crippen molar-refractivity contribution in [2.45, 2.75) is 0 Å². The van der Waals surface area contributed by atoms with Gasteiger partial charge in [-0.3, -0.25) is 0 Å². The van der Waals surface area contributed by atoms with E-state index in [9.17, 15) is 0 Å². The van der Waals surface area contributed by atoms with Crippen molar-refractivity contribution in [1.29, 1.82) is 0 Å². The van der Waals surface area contributed by atoms with Crippen molar-refractivity contribution < 1.29 is 4.42 Å². The Bertz CT molecular complexity index is 794. The van der Waals surface area contributed by atoms with E-state index in [1.165, 1.54) is 0 Å². The minimum atomic E-state index is 0.713. The number of fused-ring (bicyclic) bond motifs is 4. The van der Waals surface area contributed by atoms with Gasteiger partial charge in [-0.15, -0.1) is 0 Å². The van der Waals surface area contributed by atoms with Gasteiger partial charge >= 0.3 is 0 Å². The van der Waals surface area contributed by atoms with Gasteiger partial charge in [-0.05, 0) is 18.2 Å². The molecule has 2 heteroatoms. The summed E-state index contributed by atoms with van der Waals surface area (Å²) in [5.41, 5.74) is 2.95. The molecule has 0 spiro atoms. The Morgan fingerprint density at radius 3 is 2.71 bits per heavy atom. The molecule has 0 unspecified atom stereocenters. The summed E-state index contributed by atoms with van der Waals surface area (Å²) < 4.78 is 5.82. The number of para-hydroxylation sites is 2. The molecule has 0 amide bonds. The van der Waals surface area contributed by atoms with E-state index in [0.29, 0.717) is 5.89 Å². The number of aromatic nitrogens is 1. The number of nitrogens with zero attached hydrogens (tertiary/aromatic N) is 1. The summed E-state index contributed by atoms with van der Waals surface area (Å²) in [4.78, 5) is 4.50. The van der Waals surface area contributed by atoms with Gasteiger partial charge in [0.25, 0.3) is 0 Å². The fourth-order valence-corrected chi connectivity index (χ4v) is 2.25. The van der Waals surface area contributed by atoms with E-state index >= 15 is 0 Å². The molecule has 17 heavy (non-hydrogen) atoms. The Labute approximate surface area is 97.8 Å². The maximum absolute atomic E-state index is 5.82. The topological polar surface area (TPSA) is 26.0 Å². The number of hydrogen-bond donors (Lipinski definition) is 0. The van der Waals surface area contributed by atoms with Crippen LogP contribution >= 0.6 is 0 Å². The molecule has 2 aromatic carbocycles. The van der Waals surface area contributed by atoms with Crippen LogP contribution in [-0.2, 0) is 0 Å². The van der Waals surface area contributed by atoms with Crippen molar-refractivity contribution in [3.8, 4) is 11.5 Å². The third-order valence-electron chi connectivity index (χ3n) is 3.07. The lowest BCUT2D eigenvalue weighted by Crippen LogP contribution is -1.78. The highest BCUT2D eigenvalue weighted by atomic mass is 16.3. The average Bonchev–Trinajstić information content (AvgIpc) is 2.73. The molecular weight excluding hydrogens is 210 g/mol. The Morgan fingerprint density at radius 1 is 0.882 bits per heavy atom. The van der Waals surface area contributed by atoms with E-state index in [1.54, 1.807) is 0 Å². The van der Waals surface area contributed by atoms with Crippen LogP contribution in [0.5, 0.6) is 0 Å². The van der Waals surface area contributed by atoms with Gasteiger partial charge in [0.2, 0.25) is 5.89 Å². The SMILES string of the molecule is c1ccc2oc3nc4ccccc4c-3cc2c1. The number of benzene rings is 2. The highest BCUT2D eigenvalue weighted by molar-refractivity contribution is 5.99. The van der Waals surface area contributed by atoms with Crippen LogP contribution in [0.15, 0.2) is 59.0 Å². The fraction of sp³-hybridized carbons (Fsp3) is 0. The molecule has 2 heterocycles. The van der Waals surface area contributed by atoms with Crippen LogP contribution in [0.1, 0.15) is 0 Å². The molecule has 0 bridgehead atoms. The molecule has 0 saturated carbocycles. The lowest BCUT2D eigenvalue weighted by molar-refractivity contribution is 0.605. The largest absolute Gasteiger partial charge is 0.438 e. The Hall–Kier alpha value is -2.35. The summed E-state index contributed by atoms with van der Waals surface area (Å²) in [6.45, 7) is 0. The second-order valence-corrected chi connectivity index (χ2v) is 4.13. The van der Waals surface area contributed by atoms with Gasteiger partial charge < -0.3 is 4.42 Å². The first-order valence-corrected chi connectivity index (χ1v) is 5.59. The molecule has 0 N–H and O–H groups in total. The van der Waals surface area contributed by atoms with E-state index in [-0.39, 0.29) is 0 Å². The summed E-state index contributed by atoms with van der Waals surface area (Å²) in [6.07, 6.45) is 0. The first-order chi connectivity index (χ1) is 8.42. The lowest BCUT2D eigenvalue weighted by Gasteiger charge is -2.01. The Kier molecular flexibility index (Phi) is 1.59. The van der Waals surface area contributed by atoms with E-state index < -0.39 is 0 Å². The summed E-state index contributed by atoms with van der Waals surface area (Å²) in [5.74, 6) is 0.713. The first kappa shape index (κ1) is 8.76. The zero-order valence-electron chi connectivity index (χ0n) is 9.05. The molecule has 2 aliphatic rings. The van der Waals surface area contributed by atoms with Gasteiger partial charge in [-0.25, -0.2) is 4.98 Å². The molecule has 0 aromatic heterocycles. The number of hydrogen-bond acceptors (Lipinski definition) is 2. The maximum Gasteiger partial charge on any atom is 0.227 e. The van der Waals surface area contributed by atoms with Crippen molar-refractivity contribution in [2.75, 3.05) is 0 Å². The normalized spacial score (nSPS) is 11.5. The summed E-state index contributed by atoms with van der Waals surface area (Å²) >= 11 is 0. The van der Waals surface area contributed by atoms with Gasteiger partial charge in [0, 0.05) is 16.3 Å². The smallest absolute Gasteiger partial charge is 0.227 e. The van der Waals surface area contributed by atoms with Gasteiger partial charge in [0.15, 0.2) is 0 Å². The Morgan fingerprint density at radius 2 is 1.71 bits per heavy atom. The van der Waals surface area contributed by atoms with Crippen molar-refractivity contribution in [3.05, 3.63) is 54.6 Å². The predicted octanol–water partition coefficient (Wildman–Crippen LogP) is 4.09. The quantitative estimate of drug-likeness (QED) is 0.445. The third kappa shape index (κ3) is 1.18. The zero-order chi connectivity index (χ0) is 11.2. The molecule has 0 radical (unpaired) electrons. The van der Waals surface area contributed by atoms with Crippen molar-refractivity contribution >= 4 is 21.9 Å². The predicted molar refractivity (Wildman–Crippen MR) is 68.1 cm³/mol. The maximum atomic E-state index is 5.82. The Balaban J connectivity index is 2.25. The number of rotatable bonds is 0. The molecule has 4 rings (SSSR count). The average molecular weight is 219 g/mol. The van der Waals surface area contributed by atoms with Crippen LogP contribution in [0, 0.1) is 0 Å². The molecule has 2 aliphatic heterocycles. The third-order valence-corrected chi connectivity index (χ3v) is 3.07. The molecular formula is C15H9NO. The molecule has 0 fully saturated rings. The van der Waals surface area contributed by atoms with Crippen molar-refractivity contribution in [2.24, 2.45) is 0 Å². The van der Waals surface area contributed by atoms with Gasteiger partial charge in [-0.1, -0.05) is 36.4 Å². The highest BCUT2D eigenvalue weighted by Crippen LogP contribution is 2.34. The zero-order valence-corrected chi connectivity index (χ0v) is 9.05. The summed E-state index contributed by atoms with van der Waals surface area (Å²) in [7, 11) is 0. The van der Waals surface area contributed by atoms with E-state index in [4.69, 9.17) is 4.42 Å². The van der Waals surface area contributed by atoms with E-state index in [0.717, 1.165) is 27.4 Å². The molecule has 2 aromatic rings. The van der Waals surface area contributed by atoms with Gasteiger partial charge in [-0.2, -0.15) is 0 Å². The van der Waals surface area contributed by atoms with Crippen LogP contribution in [0.2, 0.25) is 0 Å². The van der Waals surface area contributed by atoms with Crippen molar-refractivity contribution in [3.63, 3.8) is 0 Å². The van der Waals surface area contributed by atoms with Crippen LogP contribution in [0.3, 0.4) is 0 Å².